The van der Waals surface area contributed by atoms with Crippen molar-refractivity contribution in [2.45, 2.75) is 19.3 Å². The number of rotatable bonds is 2. The fourth-order valence-electron chi connectivity index (χ4n) is 3.17. The molecule has 110 valence electrons. The van der Waals surface area contributed by atoms with E-state index in [9.17, 15) is 9.90 Å². The van der Waals surface area contributed by atoms with Gasteiger partial charge in [-0.25, -0.2) is 0 Å². The molecule has 1 heterocycles. The maximum Gasteiger partial charge on any atom is 0.246 e. The molecule has 0 radical (unpaired) electrons. The summed E-state index contributed by atoms with van der Waals surface area (Å²) in [6.45, 7) is 1.71. The molecule has 1 saturated heterocycles. The first-order valence-corrected chi connectivity index (χ1v) is 7.68. The van der Waals surface area contributed by atoms with E-state index in [0.717, 1.165) is 25.9 Å². The van der Waals surface area contributed by atoms with Crippen molar-refractivity contribution in [2.75, 3.05) is 13.1 Å². The summed E-state index contributed by atoms with van der Waals surface area (Å²) in [4.78, 5) is 14.1. The Morgan fingerprint density at radius 3 is 2.81 bits per heavy atom. The number of piperidine rings is 1. The van der Waals surface area contributed by atoms with Gasteiger partial charge in [0.2, 0.25) is 5.91 Å². The molecule has 1 aliphatic heterocycles. The number of aliphatic hydroxyl groups excluding tert-OH is 1. The van der Waals surface area contributed by atoms with Crippen molar-refractivity contribution in [3.63, 3.8) is 0 Å². The van der Waals surface area contributed by atoms with Crippen molar-refractivity contribution in [1.29, 1.82) is 0 Å². The SMILES string of the molecule is O=C(/C=C/C1C(O)=CC=C2C=CC=CC21)N1CCCCC1. The summed E-state index contributed by atoms with van der Waals surface area (Å²) in [7, 11) is 0. The number of likely N-dealkylation sites (tertiary alicyclic amines) is 1. The molecule has 0 saturated carbocycles. The molecule has 1 N–H and O–H groups in total. The number of carbonyl (C=O) groups is 1. The Hall–Kier alpha value is -2.03. The first-order chi connectivity index (χ1) is 10.3. The Morgan fingerprint density at radius 2 is 2.00 bits per heavy atom. The van der Waals surface area contributed by atoms with Crippen molar-refractivity contribution in [2.24, 2.45) is 11.8 Å². The molecule has 2 aliphatic carbocycles. The number of carbonyl (C=O) groups excluding carboxylic acids is 1. The third-order valence-corrected chi connectivity index (χ3v) is 4.39. The highest BCUT2D eigenvalue weighted by Gasteiger charge is 2.27. The lowest BCUT2D eigenvalue weighted by molar-refractivity contribution is -0.126. The van der Waals surface area contributed by atoms with E-state index in [1.54, 1.807) is 12.2 Å². The highest BCUT2D eigenvalue weighted by molar-refractivity contribution is 5.87. The van der Waals surface area contributed by atoms with Gasteiger partial charge in [0, 0.05) is 24.9 Å². The van der Waals surface area contributed by atoms with Gasteiger partial charge in [0.05, 0.1) is 0 Å². The van der Waals surface area contributed by atoms with Gasteiger partial charge < -0.3 is 10.0 Å². The molecule has 0 aromatic heterocycles. The third kappa shape index (κ3) is 3.02. The molecule has 3 aliphatic rings. The lowest BCUT2D eigenvalue weighted by Gasteiger charge is -2.28. The Labute approximate surface area is 125 Å². The molecule has 0 aromatic rings. The molecular weight excluding hydrogens is 262 g/mol. The van der Waals surface area contributed by atoms with Gasteiger partial charge in [-0.2, -0.15) is 0 Å². The van der Waals surface area contributed by atoms with Gasteiger partial charge in [0.25, 0.3) is 0 Å². The molecule has 2 unspecified atom stereocenters. The number of hydrogen-bond acceptors (Lipinski definition) is 2. The van der Waals surface area contributed by atoms with Crippen LogP contribution < -0.4 is 0 Å². The highest BCUT2D eigenvalue weighted by atomic mass is 16.3. The molecule has 21 heavy (non-hydrogen) atoms. The maximum atomic E-state index is 12.2. The fourth-order valence-corrected chi connectivity index (χ4v) is 3.17. The summed E-state index contributed by atoms with van der Waals surface area (Å²) in [5.41, 5.74) is 1.18. The van der Waals surface area contributed by atoms with E-state index >= 15 is 0 Å². The van der Waals surface area contributed by atoms with Gasteiger partial charge in [-0.15, -0.1) is 0 Å². The Bertz CT molecular complexity index is 560. The molecule has 3 nitrogen and oxygen atoms in total. The molecule has 3 rings (SSSR count). The zero-order valence-electron chi connectivity index (χ0n) is 12.1. The first kappa shape index (κ1) is 13.9. The summed E-state index contributed by atoms with van der Waals surface area (Å²) >= 11 is 0. The van der Waals surface area contributed by atoms with Gasteiger partial charge in [0.1, 0.15) is 5.76 Å². The number of amides is 1. The molecule has 2 atom stereocenters. The largest absolute Gasteiger partial charge is 0.512 e. The fraction of sp³-hybridized carbons (Fsp3) is 0.389. The number of fused-ring (bicyclic) bond motifs is 1. The van der Waals surface area contributed by atoms with Crippen LogP contribution in [-0.4, -0.2) is 29.0 Å². The first-order valence-electron chi connectivity index (χ1n) is 7.68. The second-order valence-electron chi connectivity index (χ2n) is 5.80. The second-order valence-corrected chi connectivity index (χ2v) is 5.80. The van der Waals surface area contributed by atoms with Crippen LogP contribution in [0.25, 0.3) is 0 Å². The van der Waals surface area contributed by atoms with E-state index in [1.165, 1.54) is 12.0 Å². The van der Waals surface area contributed by atoms with Crippen LogP contribution in [-0.2, 0) is 4.79 Å². The van der Waals surface area contributed by atoms with Crippen molar-refractivity contribution in [3.8, 4) is 0 Å². The maximum absolute atomic E-state index is 12.2. The standard InChI is InChI=1S/C18H21NO2/c20-17-10-8-14-6-2-3-7-15(14)16(17)9-11-18(21)19-12-4-1-5-13-19/h2-3,6-11,15-16,20H,1,4-5,12-13H2/b11-9+. The van der Waals surface area contributed by atoms with Crippen molar-refractivity contribution in [3.05, 3.63) is 59.9 Å². The van der Waals surface area contributed by atoms with Crippen LogP contribution in [0.2, 0.25) is 0 Å². The van der Waals surface area contributed by atoms with Crippen molar-refractivity contribution < 1.29 is 9.90 Å². The number of aliphatic hydroxyl groups is 1. The summed E-state index contributed by atoms with van der Waals surface area (Å²) in [6, 6.07) is 0. The Kier molecular flexibility index (Phi) is 4.09. The van der Waals surface area contributed by atoms with Gasteiger partial charge in [-0.1, -0.05) is 36.5 Å². The zero-order valence-corrected chi connectivity index (χ0v) is 12.1. The molecular formula is C18H21NO2. The number of hydrogen-bond donors (Lipinski definition) is 1. The lowest BCUT2D eigenvalue weighted by Crippen LogP contribution is -2.34. The molecule has 3 heteroatoms. The quantitative estimate of drug-likeness (QED) is 0.790. The molecule has 1 fully saturated rings. The Balaban J connectivity index is 1.71. The lowest BCUT2D eigenvalue weighted by atomic mass is 9.78. The smallest absolute Gasteiger partial charge is 0.246 e. The van der Waals surface area contributed by atoms with Gasteiger partial charge >= 0.3 is 0 Å². The molecule has 1 amide bonds. The summed E-state index contributed by atoms with van der Waals surface area (Å²) in [5, 5.41) is 10.1. The van der Waals surface area contributed by atoms with Crippen LogP contribution in [0.1, 0.15) is 19.3 Å². The summed E-state index contributed by atoms with van der Waals surface area (Å²) < 4.78 is 0. The molecule has 0 spiro atoms. The minimum Gasteiger partial charge on any atom is -0.512 e. The number of nitrogens with zero attached hydrogens (tertiary/aromatic N) is 1. The second kappa shape index (κ2) is 6.17. The minimum absolute atomic E-state index is 0.0638. The van der Waals surface area contributed by atoms with Crippen molar-refractivity contribution >= 4 is 5.91 Å². The third-order valence-electron chi connectivity index (χ3n) is 4.39. The van der Waals surface area contributed by atoms with Gasteiger partial charge in [-0.3, -0.25) is 4.79 Å². The van der Waals surface area contributed by atoms with E-state index in [2.05, 4.69) is 12.2 Å². The average molecular weight is 283 g/mol. The van der Waals surface area contributed by atoms with E-state index in [-0.39, 0.29) is 17.7 Å². The van der Waals surface area contributed by atoms with Gasteiger partial charge in [0.15, 0.2) is 0 Å². The van der Waals surface area contributed by atoms with Crippen LogP contribution in [0.4, 0.5) is 0 Å². The van der Waals surface area contributed by atoms with Crippen LogP contribution in [0.5, 0.6) is 0 Å². The van der Waals surface area contributed by atoms with Crippen LogP contribution in [0.3, 0.4) is 0 Å². The van der Waals surface area contributed by atoms with E-state index in [4.69, 9.17) is 0 Å². The monoisotopic (exact) mass is 283 g/mol. The van der Waals surface area contributed by atoms with Gasteiger partial charge in [-0.05, 0) is 37.0 Å². The summed E-state index contributed by atoms with van der Waals surface area (Å²) in [5.74, 6) is 0.380. The van der Waals surface area contributed by atoms with E-state index < -0.39 is 0 Å². The van der Waals surface area contributed by atoms with E-state index in [1.807, 2.05) is 29.2 Å². The van der Waals surface area contributed by atoms with Crippen LogP contribution in [0, 0.1) is 11.8 Å². The molecule has 0 bridgehead atoms. The minimum atomic E-state index is -0.139. The zero-order chi connectivity index (χ0) is 14.7. The average Bonchev–Trinajstić information content (AvgIpc) is 2.54. The predicted molar refractivity (Wildman–Crippen MR) is 83.6 cm³/mol. The predicted octanol–water partition coefficient (Wildman–Crippen LogP) is 3.30. The van der Waals surface area contributed by atoms with Crippen LogP contribution in [0.15, 0.2) is 59.9 Å². The van der Waals surface area contributed by atoms with Crippen LogP contribution >= 0.6 is 0 Å². The summed E-state index contributed by atoms with van der Waals surface area (Å²) in [6.07, 6.45) is 18.7. The molecule has 0 aromatic carbocycles. The topological polar surface area (TPSA) is 40.5 Å². The number of allylic oxidation sites excluding steroid dienone is 8. The van der Waals surface area contributed by atoms with Crippen molar-refractivity contribution in [1.82, 2.24) is 4.90 Å². The normalized spacial score (nSPS) is 28.3. The highest BCUT2D eigenvalue weighted by Crippen LogP contribution is 2.35. The Morgan fingerprint density at radius 1 is 1.19 bits per heavy atom. The van der Waals surface area contributed by atoms with E-state index in [0.29, 0.717) is 5.76 Å².